The van der Waals surface area contributed by atoms with Crippen molar-refractivity contribution in [2.75, 3.05) is 10.6 Å². The number of furan rings is 1. The van der Waals surface area contributed by atoms with Crippen LogP contribution in [0.15, 0.2) is 65.4 Å². The Morgan fingerprint density at radius 1 is 1.00 bits per heavy atom. The lowest BCUT2D eigenvalue weighted by Gasteiger charge is -2.00. The maximum absolute atomic E-state index is 13.0. The van der Waals surface area contributed by atoms with Gasteiger partial charge in [-0.2, -0.15) is 0 Å². The van der Waals surface area contributed by atoms with Gasteiger partial charge in [0.05, 0.1) is 16.1 Å². The molecule has 2 amide bonds. The fraction of sp³-hybridized carbons (Fsp3) is 0.0500. The molecule has 0 atom stereocenters. The average molecular weight is 427 g/mol. The highest BCUT2D eigenvalue weighted by atomic mass is 32.1. The Morgan fingerprint density at radius 2 is 1.83 bits per heavy atom. The summed E-state index contributed by atoms with van der Waals surface area (Å²) < 4.78 is 18.0. The molecule has 3 heterocycles. The molecule has 29 heavy (non-hydrogen) atoms. The second-order valence-corrected chi connectivity index (χ2v) is 8.18. The SMILES string of the molecule is O=C(Nc1ccc(C(=O)Nc2ncc(Cc3ccc(F)cc3)s2)s1)c1ccco1. The van der Waals surface area contributed by atoms with E-state index in [2.05, 4.69) is 15.6 Å². The first kappa shape index (κ1) is 19.0. The van der Waals surface area contributed by atoms with E-state index in [1.54, 1.807) is 42.6 Å². The predicted octanol–water partition coefficient (Wildman–Crippen LogP) is 5.03. The highest BCUT2D eigenvalue weighted by Crippen LogP contribution is 2.26. The van der Waals surface area contributed by atoms with Crippen LogP contribution in [0, 0.1) is 5.82 Å². The van der Waals surface area contributed by atoms with Crippen LogP contribution < -0.4 is 10.6 Å². The molecule has 146 valence electrons. The number of hydrogen-bond donors (Lipinski definition) is 2. The minimum absolute atomic E-state index is 0.195. The summed E-state index contributed by atoms with van der Waals surface area (Å²) in [6.07, 6.45) is 3.71. The van der Waals surface area contributed by atoms with Gasteiger partial charge in [0.2, 0.25) is 0 Å². The van der Waals surface area contributed by atoms with Crippen molar-refractivity contribution >= 4 is 44.6 Å². The zero-order valence-electron chi connectivity index (χ0n) is 14.8. The van der Waals surface area contributed by atoms with E-state index in [9.17, 15) is 14.0 Å². The largest absolute Gasteiger partial charge is 0.459 e. The van der Waals surface area contributed by atoms with Gasteiger partial charge < -0.3 is 9.73 Å². The van der Waals surface area contributed by atoms with Gasteiger partial charge in [0.1, 0.15) is 5.82 Å². The van der Waals surface area contributed by atoms with Crippen LogP contribution in [0.2, 0.25) is 0 Å². The molecule has 0 unspecified atom stereocenters. The van der Waals surface area contributed by atoms with E-state index in [0.29, 0.717) is 21.4 Å². The van der Waals surface area contributed by atoms with Gasteiger partial charge in [0, 0.05) is 17.5 Å². The number of thiophene rings is 1. The molecule has 3 aromatic heterocycles. The summed E-state index contributed by atoms with van der Waals surface area (Å²) >= 11 is 2.51. The lowest BCUT2D eigenvalue weighted by molar-refractivity contribution is 0.0995. The molecular formula is C20H14FN3O3S2. The van der Waals surface area contributed by atoms with E-state index in [4.69, 9.17) is 4.42 Å². The van der Waals surface area contributed by atoms with Gasteiger partial charge in [-0.15, -0.1) is 22.7 Å². The molecule has 4 aromatic rings. The Morgan fingerprint density at radius 3 is 2.59 bits per heavy atom. The van der Waals surface area contributed by atoms with Crippen LogP contribution in [-0.4, -0.2) is 16.8 Å². The first-order valence-corrected chi connectivity index (χ1v) is 10.2. The summed E-state index contributed by atoms with van der Waals surface area (Å²) in [5.41, 5.74) is 0.961. The topological polar surface area (TPSA) is 84.2 Å². The number of benzene rings is 1. The number of nitrogens with zero attached hydrogens (tertiary/aromatic N) is 1. The van der Waals surface area contributed by atoms with Crippen molar-refractivity contribution < 1.29 is 18.4 Å². The fourth-order valence-electron chi connectivity index (χ4n) is 2.52. The van der Waals surface area contributed by atoms with Gasteiger partial charge in [0.15, 0.2) is 10.9 Å². The number of carbonyl (C=O) groups excluding carboxylic acids is 2. The summed E-state index contributed by atoms with van der Waals surface area (Å²) in [5.74, 6) is -0.770. The van der Waals surface area contributed by atoms with Crippen LogP contribution in [0.1, 0.15) is 30.7 Å². The zero-order valence-corrected chi connectivity index (χ0v) is 16.5. The number of rotatable bonds is 6. The third kappa shape index (κ3) is 4.76. The normalized spacial score (nSPS) is 10.7. The summed E-state index contributed by atoms with van der Waals surface area (Å²) in [6.45, 7) is 0. The number of halogens is 1. The van der Waals surface area contributed by atoms with E-state index >= 15 is 0 Å². The molecule has 0 aliphatic heterocycles. The number of nitrogens with one attached hydrogen (secondary N) is 2. The molecule has 9 heteroatoms. The second-order valence-electron chi connectivity index (χ2n) is 5.98. The summed E-state index contributed by atoms with van der Waals surface area (Å²) in [7, 11) is 0. The quantitative estimate of drug-likeness (QED) is 0.452. The van der Waals surface area contributed by atoms with Crippen molar-refractivity contribution in [2.45, 2.75) is 6.42 Å². The summed E-state index contributed by atoms with van der Waals surface area (Å²) in [6, 6.07) is 12.7. The zero-order chi connectivity index (χ0) is 20.2. The van der Waals surface area contributed by atoms with Crippen molar-refractivity contribution in [1.29, 1.82) is 0 Å². The van der Waals surface area contributed by atoms with Crippen LogP contribution in [0.4, 0.5) is 14.5 Å². The second kappa shape index (κ2) is 8.38. The molecule has 0 fully saturated rings. The number of aromatic nitrogens is 1. The molecule has 1 aromatic carbocycles. The number of amides is 2. The highest BCUT2D eigenvalue weighted by molar-refractivity contribution is 7.18. The molecule has 4 rings (SSSR count). The first-order valence-electron chi connectivity index (χ1n) is 8.52. The predicted molar refractivity (Wildman–Crippen MR) is 110 cm³/mol. The van der Waals surface area contributed by atoms with Gasteiger partial charge in [-0.1, -0.05) is 12.1 Å². The third-order valence-electron chi connectivity index (χ3n) is 3.88. The van der Waals surface area contributed by atoms with Crippen molar-refractivity contribution in [3.8, 4) is 0 Å². The minimum Gasteiger partial charge on any atom is -0.459 e. The molecule has 6 nitrogen and oxygen atoms in total. The van der Waals surface area contributed by atoms with Crippen LogP contribution in [0.5, 0.6) is 0 Å². The van der Waals surface area contributed by atoms with E-state index in [1.807, 2.05) is 0 Å². The molecule has 0 aliphatic carbocycles. The maximum atomic E-state index is 13.0. The Labute approximate surface area is 173 Å². The monoisotopic (exact) mass is 427 g/mol. The van der Waals surface area contributed by atoms with Crippen molar-refractivity contribution in [2.24, 2.45) is 0 Å². The van der Waals surface area contributed by atoms with Crippen LogP contribution in [-0.2, 0) is 6.42 Å². The molecule has 2 N–H and O–H groups in total. The van der Waals surface area contributed by atoms with Crippen molar-refractivity contribution in [1.82, 2.24) is 4.98 Å². The van der Waals surface area contributed by atoms with E-state index in [-0.39, 0.29) is 23.4 Å². The Bertz CT molecular complexity index is 1130. The standard InChI is InChI=1S/C20H14FN3O3S2/c21-13-5-3-12(4-6-13)10-14-11-22-20(28-14)24-19(26)16-7-8-17(29-16)23-18(25)15-2-1-9-27-15/h1-9,11H,10H2,(H,23,25)(H,22,24,26). The fourth-order valence-corrected chi connectivity index (χ4v) is 4.16. The van der Waals surface area contributed by atoms with Gasteiger partial charge in [0.25, 0.3) is 11.8 Å². The summed E-state index contributed by atoms with van der Waals surface area (Å²) in [4.78, 5) is 30.0. The maximum Gasteiger partial charge on any atom is 0.291 e. The third-order valence-corrected chi connectivity index (χ3v) is 5.79. The molecule has 0 spiro atoms. The molecule has 0 aliphatic rings. The molecule has 0 radical (unpaired) electrons. The van der Waals surface area contributed by atoms with Gasteiger partial charge in [-0.05, 0) is 42.0 Å². The first-order chi connectivity index (χ1) is 14.1. The molecular weight excluding hydrogens is 413 g/mol. The van der Waals surface area contributed by atoms with E-state index in [1.165, 1.54) is 29.7 Å². The Kier molecular flexibility index (Phi) is 5.50. The van der Waals surface area contributed by atoms with Crippen molar-refractivity contribution in [3.63, 3.8) is 0 Å². The molecule has 0 saturated carbocycles. The lowest BCUT2D eigenvalue weighted by atomic mass is 10.1. The van der Waals surface area contributed by atoms with E-state index in [0.717, 1.165) is 21.8 Å². The van der Waals surface area contributed by atoms with Gasteiger partial charge >= 0.3 is 0 Å². The number of hydrogen-bond acceptors (Lipinski definition) is 6. The smallest absolute Gasteiger partial charge is 0.291 e. The molecule has 0 saturated heterocycles. The van der Waals surface area contributed by atoms with Gasteiger partial charge in [-0.3, -0.25) is 14.9 Å². The Balaban J connectivity index is 1.36. The number of thiazole rings is 1. The van der Waals surface area contributed by atoms with Crippen molar-refractivity contribution in [3.05, 3.63) is 87.9 Å². The Hall–Kier alpha value is -3.30. The average Bonchev–Trinajstić information content (AvgIpc) is 3.45. The van der Waals surface area contributed by atoms with Crippen LogP contribution in [0.3, 0.4) is 0 Å². The number of carbonyl (C=O) groups is 2. The van der Waals surface area contributed by atoms with E-state index < -0.39 is 0 Å². The van der Waals surface area contributed by atoms with Crippen LogP contribution >= 0.6 is 22.7 Å². The number of anilines is 2. The summed E-state index contributed by atoms with van der Waals surface area (Å²) in [5, 5.41) is 6.45. The van der Waals surface area contributed by atoms with Crippen LogP contribution in [0.25, 0.3) is 0 Å². The lowest BCUT2D eigenvalue weighted by Crippen LogP contribution is -2.10. The highest BCUT2D eigenvalue weighted by Gasteiger charge is 2.15. The minimum atomic E-state index is -0.380. The van der Waals surface area contributed by atoms with Gasteiger partial charge in [-0.25, -0.2) is 9.37 Å². The molecule has 0 bridgehead atoms.